The number of sulfone groups is 1. The molecule has 1 atom stereocenters. The van der Waals surface area contributed by atoms with Crippen LogP contribution >= 0.6 is 0 Å². The highest BCUT2D eigenvalue weighted by Gasteiger charge is 2.36. The Morgan fingerprint density at radius 3 is 2.45 bits per heavy atom. The van der Waals surface area contributed by atoms with Crippen LogP contribution in [0.3, 0.4) is 0 Å². The number of benzene rings is 1. The standard InChI is InChI=1S/C21H27N3O7S2/c1-2-24(16-9-12-32(27,28)14-16)19(25)13-31-21(26)15-7-10-23(11-8-15)20-17-5-3-4-6-18(17)33(29,30)22-20/h3-6,15-16H,2,7-14H2,1H3/t16-/m1/s1. The third-order valence-corrected chi connectivity index (χ3v) is 9.46. The lowest BCUT2D eigenvalue weighted by Crippen LogP contribution is -2.44. The van der Waals surface area contributed by atoms with Gasteiger partial charge in [-0.2, -0.15) is 8.42 Å². The number of ether oxygens (including phenoxy) is 1. The lowest BCUT2D eigenvalue weighted by molar-refractivity contribution is -0.157. The molecule has 3 heterocycles. The number of amidine groups is 1. The molecule has 0 aromatic heterocycles. The van der Waals surface area contributed by atoms with E-state index < -0.39 is 44.3 Å². The number of likely N-dealkylation sites (N-methyl/N-ethyl adjacent to an activating group) is 1. The molecule has 2 fully saturated rings. The lowest BCUT2D eigenvalue weighted by atomic mass is 9.96. The van der Waals surface area contributed by atoms with Gasteiger partial charge in [-0.05, 0) is 38.3 Å². The zero-order chi connectivity index (χ0) is 23.8. The van der Waals surface area contributed by atoms with Gasteiger partial charge in [-0.3, -0.25) is 9.59 Å². The van der Waals surface area contributed by atoms with Gasteiger partial charge in [-0.25, -0.2) is 8.42 Å². The molecule has 0 aliphatic carbocycles. The summed E-state index contributed by atoms with van der Waals surface area (Å²) in [4.78, 5) is 28.6. The molecule has 3 aliphatic heterocycles. The van der Waals surface area contributed by atoms with Crippen LogP contribution in [0.1, 0.15) is 31.7 Å². The SMILES string of the molecule is CCN(C(=O)COC(=O)C1CCN(C2=NS(=O)(=O)c3ccccc32)CC1)[C@@H]1CCS(=O)(=O)C1. The van der Waals surface area contributed by atoms with Gasteiger partial charge >= 0.3 is 5.97 Å². The molecule has 10 nitrogen and oxygen atoms in total. The molecule has 0 saturated carbocycles. The van der Waals surface area contributed by atoms with E-state index in [1.165, 1.54) is 11.0 Å². The summed E-state index contributed by atoms with van der Waals surface area (Å²) in [7, 11) is -6.83. The Kier molecular flexibility index (Phi) is 6.50. The van der Waals surface area contributed by atoms with Crippen LogP contribution < -0.4 is 0 Å². The molecule has 1 amide bonds. The number of piperidine rings is 1. The Labute approximate surface area is 193 Å². The minimum absolute atomic E-state index is 0.0538. The number of fused-ring (bicyclic) bond motifs is 1. The molecular formula is C21H27N3O7S2. The molecule has 0 radical (unpaired) electrons. The van der Waals surface area contributed by atoms with Crippen molar-refractivity contribution in [1.82, 2.24) is 9.80 Å². The first-order valence-electron chi connectivity index (χ1n) is 11.0. The predicted octanol–water partition coefficient (Wildman–Crippen LogP) is 0.426. The van der Waals surface area contributed by atoms with Gasteiger partial charge in [0.15, 0.2) is 22.3 Å². The van der Waals surface area contributed by atoms with E-state index in [1.54, 1.807) is 25.1 Å². The van der Waals surface area contributed by atoms with Crippen LogP contribution in [0.5, 0.6) is 0 Å². The van der Waals surface area contributed by atoms with E-state index in [9.17, 15) is 26.4 Å². The fraction of sp³-hybridized carbons (Fsp3) is 0.571. The molecule has 2 saturated heterocycles. The Morgan fingerprint density at radius 2 is 1.82 bits per heavy atom. The molecule has 4 rings (SSSR count). The van der Waals surface area contributed by atoms with E-state index in [4.69, 9.17) is 4.74 Å². The van der Waals surface area contributed by atoms with Gasteiger partial charge in [0.1, 0.15) is 4.90 Å². The zero-order valence-corrected chi connectivity index (χ0v) is 20.0. The molecule has 33 heavy (non-hydrogen) atoms. The highest BCUT2D eigenvalue weighted by molar-refractivity contribution is 7.91. The summed E-state index contributed by atoms with van der Waals surface area (Å²) in [6.45, 7) is 2.59. The maximum atomic E-state index is 12.5. The average Bonchev–Trinajstić information content (AvgIpc) is 3.28. The number of esters is 1. The molecule has 180 valence electrons. The molecule has 0 bridgehead atoms. The number of carbonyl (C=O) groups excluding carboxylic acids is 2. The second kappa shape index (κ2) is 9.05. The van der Waals surface area contributed by atoms with Crippen molar-refractivity contribution >= 4 is 37.6 Å². The van der Waals surface area contributed by atoms with Gasteiger partial charge in [-0.1, -0.05) is 12.1 Å². The number of likely N-dealkylation sites (tertiary alicyclic amines) is 1. The fourth-order valence-corrected chi connectivity index (χ4v) is 7.59. The van der Waals surface area contributed by atoms with Gasteiger partial charge in [0.2, 0.25) is 0 Å². The van der Waals surface area contributed by atoms with Crippen LogP contribution in [0.2, 0.25) is 0 Å². The van der Waals surface area contributed by atoms with E-state index in [1.807, 2.05) is 4.90 Å². The van der Waals surface area contributed by atoms with Crippen LogP contribution in [0.15, 0.2) is 33.6 Å². The third kappa shape index (κ3) is 4.91. The van der Waals surface area contributed by atoms with Gasteiger partial charge < -0.3 is 14.5 Å². The second-order valence-corrected chi connectivity index (χ2v) is 12.3. The fourth-order valence-electron chi connectivity index (χ4n) is 4.64. The number of carbonyl (C=O) groups is 2. The summed E-state index contributed by atoms with van der Waals surface area (Å²) in [5.74, 6) is -0.854. The Balaban J connectivity index is 1.30. The highest BCUT2D eigenvalue weighted by atomic mass is 32.2. The third-order valence-electron chi connectivity index (χ3n) is 6.39. The Bertz CT molecular complexity index is 1190. The minimum atomic E-state index is -3.70. The number of hydrogen-bond donors (Lipinski definition) is 0. The normalized spacial score (nSPS) is 23.6. The number of amides is 1. The smallest absolute Gasteiger partial charge is 0.309 e. The van der Waals surface area contributed by atoms with E-state index in [2.05, 4.69) is 4.40 Å². The zero-order valence-electron chi connectivity index (χ0n) is 18.3. The van der Waals surface area contributed by atoms with Crippen molar-refractivity contribution in [2.24, 2.45) is 10.3 Å². The summed E-state index contributed by atoms with van der Waals surface area (Å²) >= 11 is 0. The molecule has 0 N–H and O–H groups in total. The number of rotatable bonds is 5. The van der Waals surface area contributed by atoms with Crippen molar-refractivity contribution < 1.29 is 31.2 Å². The summed E-state index contributed by atoms with van der Waals surface area (Å²) < 4.78 is 57.2. The van der Waals surface area contributed by atoms with Crippen LogP contribution in [-0.2, 0) is 34.2 Å². The Hall–Kier alpha value is -2.47. The average molecular weight is 498 g/mol. The molecule has 3 aliphatic rings. The maximum absolute atomic E-state index is 12.5. The first-order valence-corrected chi connectivity index (χ1v) is 14.2. The summed E-state index contributed by atoms with van der Waals surface area (Å²) in [5.41, 5.74) is 0.567. The quantitative estimate of drug-likeness (QED) is 0.535. The molecule has 1 aromatic rings. The predicted molar refractivity (Wildman–Crippen MR) is 120 cm³/mol. The van der Waals surface area contributed by atoms with Crippen molar-refractivity contribution in [3.05, 3.63) is 29.8 Å². The Morgan fingerprint density at radius 1 is 1.12 bits per heavy atom. The van der Waals surface area contributed by atoms with E-state index >= 15 is 0 Å². The van der Waals surface area contributed by atoms with Crippen molar-refractivity contribution in [2.75, 3.05) is 37.7 Å². The highest BCUT2D eigenvalue weighted by Crippen LogP contribution is 2.30. The molecular weight excluding hydrogens is 470 g/mol. The van der Waals surface area contributed by atoms with Gasteiger partial charge in [0.05, 0.1) is 17.4 Å². The summed E-state index contributed by atoms with van der Waals surface area (Å²) in [6.07, 6.45) is 1.30. The van der Waals surface area contributed by atoms with Crippen LogP contribution in [0, 0.1) is 5.92 Å². The molecule has 12 heteroatoms. The molecule has 0 spiro atoms. The van der Waals surface area contributed by atoms with Crippen LogP contribution in [-0.4, -0.2) is 88.1 Å². The van der Waals surface area contributed by atoms with Crippen molar-refractivity contribution in [3.8, 4) is 0 Å². The summed E-state index contributed by atoms with van der Waals surface area (Å²) in [6, 6.07) is 6.30. The first-order chi connectivity index (χ1) is 15.6. The van der Waals surface area contributed by atoms with Crippen molar-refractivity contribution in [1.29, 1.82) is 0 Å². The number of sulfonamides is 1. The van der Waals surface area contributed by atoms with Gasteiger partial charge in [-0.15, -0.1) is 4.40 Å². The van der Waals surface area contributed by atoms with E-state index in [-0.39, 0.29) is 22.4 Å². The second-order valence-electron chi connectivity index (χ2n) is 8.49. The lowest BCUT2D eigenvalue weighted by Gasteiger charge is -2.32. The number of hydrogen-bond acceptors (Lipinski definition) is 8. The molecule has 0 unspecified atom stereocenters. The largest absolute Gasteiger partial charge is 0.455 e. The summed E-state index contributed by atoms with van der Waals surface area (Å²) in [5, 5.41) is 0. The van der Waals surface area contributed by atoms with Gasteiger partial charge in [0.25, 0.3) is 15.9 Å². The number of nitrogens with zero attached hydrogens (tertiary/aromatic N) is 3. The first kappa shape index (κ1) is 23.7. The van der Waals surface area contributed by atoms with E-state index in [0.29, 0.717) is 50.3 Å². The van der Waals surface area contributed by atoms with Crippen LogP contribution in [0.4, 0.5) is 0 Å². The van der Waals surface area contributed by atoms with Crippen LogP contribution in [0.25, 0.3) is 0 Å². The minimum Gasteiger partial charge on any atom is -0.455 e. The van der Waals surface area contributed by atoms with E-state index in [0.717, 1.165) is 0 Å². The van der Waals surface area contributed by atoms with Gasteiger partial charge in [0, 0.05) is 31.2 Å². The maximum Gasteiger partial charge on any atom is 0.309 e. The van der Waals surface area contributed by atoms with Crippen molar-refractivity contribution in [2.45, 2.75) is 37.1 Å². The monoisotopic (exact) mass is 497 g/mol. The molecule has 1 aromatic carbocycles. The van der Waals surface area contributed by atoms with Crippen molar-refractivity contribution in [3.63, 3.8) is 0 Å². The topological polar surface area (TPSA) is 130 Å².